The minimum Gasteiger partial charge on any atom is -0.380 e. The number of ether oxygens (including phenoxy) is 5. The number of allylic oxidation sites excluding steroid dienone is 5. The number of hydrogen-bond donors (Lipinski definition) is 0. The van der Waals surface area contributed by atoms with Crippen molar-refractivity contribution in [3.8, 4) is 0 Å². The first-order valence-electron chi connectivity index (χ1n) is 27.3. The van der Waals surface area contributed by atoms with Gasteiger partial charge < -0.3 is 23.7 Å². The highest BCUT2D eigenvalue weighted by molar-refractivity contribution is 5.25. The fourth-order valence-electron chi connectivity index (χ4n) is 13.4. The predicted molar refractivity (Wildman–Crippen MR) is 265 cm³/mol. The minimum atomic E-state index is 0.0566. The average molecular weight is 880 g/mol. The molecule has 0 bridgehead atoms. The number of unbranched alkanes of at least 4 members (excludes halogenated alkanes) is 9. The van der Waals surface area contributed by atoms with Gasteiger partial charge in [-0.2, -0.15) is 0 Å². The fraction of sp³-hybridized carbons (Fsp3) is 0.895. The zero-order chi connectivity index (χ0) is 44.8. The van der Waals surface area contributed by atoms with Crippen LogP contribution >= 0.6 is 0 Å². The van der Waals surface area contributed by atoms with E-state index in [4.69, 9.17) is 23.7 Å². The molecule has 4 fully saturated rings. The summed E-state index contributed by atoms with van der Waals surface area (Å²) in [5, 5.41) is 0. The van der Waals surface area contributed by atoms with Gasteiger partial charge in [0, 0.05) is 33.4 Å². The fourth-order valence-corrected chi connectivity index (χ4v) is 13.4. The summed E-state index contributed by atoms with van der Waals surface area (Å²) in [4.78, 5) is 2.47. The van der Waals surface area contributed by atoms with Crippen LogP contribution in [0.4, 0.5) is 0 Å². The van der Waals surface area contributed by atoms with E-state index in [0.29, 0.717) is 56.1 Å². The molecule has 10 atom stereocenters. The number of rotatable bonds is 33. The average Bonchev–Trinajstić information content (AvgIpc) is 3.89. The summed E-state index contributed by atoms with van der Waals surface area (Å²) < 4.78 is 30.8. The van der Waals surface area contributed by atoms with Crippen LogP contribution in [0.2, 0.25) is 0 Å². The summed E-state index contributed by atoms with van der Waals surface area (Å²) >= 11 is 0. The molecule has 6 heteroatoms. The normalized spacial score (nSPS) is 30.9. The van der Waals surface area contributed by atoms with E-state index in [1.165, 1.54) is 128 Å². The molecule has 1 saturated heterocycles. The van der Waals surface area contributed by atoms with Crippen LogP contribution < -0.4 is 0 Å². The maximum absolute atomic E-state index is 6.52. The highest BCUT2D eigenvalue weighted by Crippen LogP contribution is 2.67. The second kappa shape index (κ2) is 29.0. The lowest BCUT2D eigenvalue weighted by atomic mass is 9.47. The molecular formula is C57H101NO5. The Bertz CT molecular complexity index is 1310. The van der Waals surface area contributed by atoms with Crippen molar-refractivity contribution in [3.63, 3.8) is 0 Å². The molecule has 0 amide bonds. The van der Waals surface area contributed by atoms with E-state index in [-0.39, 0.29) is 6.10 Å². The molecule has 1 heterocycles. The van der Waals surface area contributed by atoms with Crippen LogP contribution in [0.1, 0.15) is 196 Å². The Balaban J connectivity index is 0.921. The van der Waals surface area contributed by atoms with Gasteiger partial charge in [0.05, 0.1) is 51.3 Å². The van der Waals surface area contributed by atoms with Gasteiger partial charge in [0.15, 0.2) is 0 Å². The van der Waals surface area contributed by atoms with Gasteiger partial charge in [0.1, 0.15) is 0 Å². The second-order valence-corrected chi connectivity index (χ2v) is 22.2. The van der Waals surface area contributed by atoms with Crippen molar-refractivity contribution in [2.45, 2.75) is 214 Å². The molecule has 0 aromatic carbocycles. The van der Waals surface area contributed by atoms with Crippen molar-refractivity contribution >= 4 is 0 Å². The topological polar surface area (TPSA) is 49.4 Å². The summed E-state index contributed by atoms with van der Waals surface area (Å²) in [5.74, 6) is 5.34. The molecule has 0 aromatic rings. The van der Waals surface area contributed by atoms with Gasteiger partial charge in [-0.3, -0.25) is 4.90 Å². The lowest BCUT2D eigenvalue weighted by Gasteiger charge is -2.58. The van der Waals surface area contributed by atoms with Crippen molar-refractivity contribution in [3.05, 3.63) is 36.0 Å². The number of likely N-dealkylation sites (tertiary alicyclic amines) is 1. The van der Waals surface area contributed by atoms with Gasteiger partial charge >= 0.3 is 0 Å². The Kier molecular flexibility index (Phi) is 24.4. The maximum atomic E-state index is 6.52. The van der Waals surface area contributed by atoms with Crippen molar-refractivity contribution in [1.29, 1.82) is 0 Å². The van der Waals surface area contributed by atoms with Crippen molar-refractivity contribution < 1.29 is 23.7 Å². The van der Waals surface area contributed by atoms with Crippen molar-refractivity contribution in [1.82, 2.24) is 4.90 Å². The summed E-state index contributed by atoms with van der Waals surface area (Å²) in [7, 11) is 1.83. The van der Waals surface area contributed by atoms with E-state index in [0.717, 1.165) is 87.4 Å². The summed E-state index contributed by atoms with van der Waals surface area (Å²) in [6.07, 6.45) is 44.1. The van der Waals surface area contributed by atoms with E-state index in [1.807, 2.05) is 7.11 Å². The third-order valence-corrected chi connectivity index (χ3v) is 17.2. The van der Waals surface area contributed by atoms with Crippen LogP contribution in [0, 0.1) is 46.3 Å². The molecule has 0 aromatic heterocycles. The Morgan fingerprint density at radius 2 is 1.49 bits per heavy atom. The molecule has 0 radical (unpaired) electrons. The zero-order valence-electron chi connectivity index (χ0n) is 42.4. The first-order valence-corrected chi connectivity index (χ1v) is 27.3. The number of methoxy groups -OCH3 is 1. The summed E-state index contributed by atoms with van der Waals surface area (Å²) in [5.41, 5.74) is 2.66. The quantitative estimate of drug-likeness (QED) is 0.0483. The largest absolute Gasteiger partial charge is 0.380 e. The first kappa shape index (κ1) is 52.9. The lowest BCUT2D eigenvalue weighted by molar-refractivity contribution is -0.0732. The van der Waals surface area contributed by atoms with E-state index >= 15 is 0 Å². The van der Waals surface area contributed by atoms with E-state index in [9.17, 15) is 0 Å². The van der Waals surface area contributed by atoms with Crippen molar-refractivity contribution in [2.24, 2.45) is 46.3 Å². The molecular weight excluding hydrogens is 779 g/mol. The van der Waals surface area contributed by atoms with Crippen LogP contribution in [0.25, 0.3) is 0 Å². The Labute approximate surface area is 389 Å². The van der Waals surface area contributed by atoms with Crippen molar-refractivity contribution in [2.75, 3.05) is 66.4 Å². The van der Waals surface area contributed by atoms with Gasteiger partial charge in [0.2, 0.25) is 0 Å². The van der Waals surface area contributed by atoms with Crippen LogP contribution in [-0.2, 0) is 23.7 Å². The maximum Gasteiger partial charge on any atom is 0.0936 e. The molecule has 5 rings (SSSR count). The Morgan fingerprint density at radius 1 is 0.730 bits per heavy atom. The van der Waals surface area contributed by atoms with Crippen LogP contribution in [0.3, 0.4) is 0 Å². The van der Waals surface area contributed by atoms with Crippen LogP contribution in [0.5, 0.6) is 0 Å². The monoisotopic (exact) mass is 880 g/mol. The SMILES string of the molecule is CCCCCC=CCC=CCCCCCCCCOCC(CN1CCC(OC)C1)OCCOCCOC1CCC2(C)C(=CCC3C2CCC2(C)C(C(C)CCCC(C)C)CCC32)C1. The van der Waals surface area contributed by atoms with Gasteiger partial charge in [-0.25, -0.2) is 0 Å². The third kappa shape index (κ3) is 16.9. The smallest absolute Gasteiger partial charge is 0.0936 e. The lowest BCUT2D eigenvalue weighted by Crippen LogP contribution is -2.51. The molecule has 10 unspecified atom stereocenters. The molecule has 4 aliphatic carbocycles. The molecule has 1 aliphatic heterocycles. The molecule has 364 valence electrons. The molecule has 6 nitrogen and oxygen atoms in total. The third-order valence-electron chi connectivity index (χ3n) is 17.2. The van der Waals surface area contributed by atoms with Gasteiger partial charge in [-0.05, 0) is 143 Å². The van der Waals surface area contributed by atoms with Gasteiger partial charge in [-0.1, -0.05) is 135 Å². The highest BCUT2D eigenvalue weighted by Gasteiger charge is 2.59. The highest BCUT2D eigenvalue weighted by atomic mass is 16.6. The minimum absolute atomic E-state index is 0.0566. The summed E-state index contributed by atoms with van der Waals surface area (Å²) in [6.45, 7) is 21.9. The second-order valence-electron chi connectivity index (χ2n) is 22.2. The molecule has 3 saturated carbocycles. The standard InChI is InChI=1S/C57H101NO5/c1-8-9-10-11-12-13-14-15-16-17-18-19-20-21-22-23-37-61-45-51(44-58-36-33-50(43-58)59-7)63-41-39-60-38-40-62-49-31-34-56(5)48(42-49)27-28-52-54-30-29-53(47(4)26-24-25-46(2)3)57(54,6)35-32-55(52)56/h12-13,15-16,27,46-47,49-55H,8-11,14,17-26,28-45H2,1-7H3. The van der Waals surface area contributed by atoms with Gasteiger partial charge in [-0.15, -0.1) is 0 Å². The van der Waals surface area contributed by atoms with Crippen LogP contribution in [0.15, 0.2) is 36.0 Å². The number of fused-ring (bicyclic) bond motifs is 5. The number of nitrogens with zero attached hydrogens (tertiary/aromatic N) is 1. The molecule has 5 aliphatic rings. The Hall–Kier alpha value is -1.02. The number of hydrogen-bond acceptors (Lipinski definition) is 6. The molecule has 63 heavy (non-hydrogen) atoms. The first-order chi connectivity index (χ1) is 30.7. The zero-order valence-corrected chi connectivity index (χ0v) is 42.4. The van der Waals surface area contributed by atoms with E-state index < -0.39 is 0 Å². The summed E-state index contributed by atoms with van der Waals surface area (Å²) in [6, 6.07) is 0. The van der Waals surface area contributed by atoms with E-state index in [2.05, 4.69) is 76.8 Å². The Morgan fingerprint density at radius 3 is 2.25 bits per heavy atom. The van der Waals surface area contributed by atoms with Crippen LogP contribution in [-0.4, -0.2) is 89.6 Å². The van der Waals surface area contributed by atoms with E-state index in [1.54, 1.807) is 5.57 Å². The van der Waals surface area contributed by atoms with Gasteiger partial charge in [0.25, 0.3) is 0 Å². The molecule has 0 spiro atoms. The molecule has 0 N–H and O–H groups in total. The predicted octanol–water partition coefficient (Wildman–Crippen LogP) is 14.4.